The third kappa shape index (κ3) is 4.56. The van der Waals surface area contributed by atoms with Crippen molar-refractivity contribution in [3.05, 3.63) is 163 Å². The van der Waals surface area contributed by atoms with Crippen LogP contribution in [-0.2, 0) is 0 Å². The van der Waals surface area contributed by atoms with Gasteiger partial charge in [-0.15, -0.1) is 11.3 Å². The van der Waals surface area contributed by atoms with Crippen molar-refractivity contribution in [2.45, 2.75) is 0 Å². The highest BCUT2D eigenvalue weighted by Gasteiger charge is 2.16. The van der Waals surface area contributed by atoms with E-state index < -0.39 is 0 Å². The number of rotatable bonds is 4. The Labute approximate surface area is 281 Å². The molecule has 48 heavy (non-hydrogen) atoms. The minimum Gasteiger partial charge on any atom is -0.309 e. The van der Waals surface area contributed by atoms with E-state index in [1.807, 2.05) is 47.7 Å². The van der Waals surface area contributed by atoms with E-state index in [9.17, 15) is 10.5 Å². The first-order valence-electron chi connectivity index (χ1n) is 15.8. The zero-order valence-electron chi connectivity index (χ0n) is 25.7. The molecule has 4 heteroatoms. The monoisotopic (exact) mass is 627 g/mol. The van der Waals surface area contributed by atoms with Gasteiger partial charge in [-0.05, 0) is 118 Å². The van der Waals surface area contributed by atoms with E-state index in [-0.39, 0.29) is 0 Å². The summed E-state index contributed by atoms with van der Waals surface area (Å²) in [6.07, 6.45) is 0. The number of aromatic nitrogens is 1. The molecule has 0 amide bonds. The summed E-state index contributed by atoms with van der Waals surface area (Å²) in [6, 6.07) is 57.6. The largest absolute Gasteiger partial charge is 0.309 e. The normalized spacial score (nSPS) is 11.3. The summed E-state index contributed by atoms with van der Waals surface area (Å²) in [7, 11) is 0. The maximum Gasteiger partial charge on any atom is 0.0991 e. The second-order valence-corrected chi connectivity index (χ2v) is 13.1. The minimum atomic E-state index is 0.594. The topological polar surface area (TPSA) is 52.5 Å². The maximum absolute atomic E-state index is 9.64. The molecule has 0 atom stereocenters. The Balaban J connectivity index is 1.24. The Morgan fingerprint density at radius 2 is 0.979 bits per heavy atom. The van der Waals surface area contributed by atoms with Gasteiger partial charge in [0.15, 0.2) is 0 Å². The smallest absolute Gasteiger partial charge is 0.0991 e. The zero-order chi connectivity index (χ0) is 32.2. The Morgan fingerprint density at radius 1 is 0.396 bits per heavy atom. The van der Waals surface area contributed by atoms with Gasteiger partial charge in [0.25, 0.3) is 0 Å². The van der Waals surface area contributed by atoms with Crippen LogP contribution >= 0.6 is 11.3 Å². The first kappa shape index (κ1) is 27.8. The predicted molar refractivity (Wildman–Crippen MR) is 199 cm³/mol. The molecule has 0 bridgehead atoms. The molecule has 0 unspecified atom stereocenters. The minimum absolute atomic E-state index is 0.594. The van der Waals surface area contributed by atoms with Crippen molar-refractivity contribution < 1.29 is 0 Å². The number of hydrogen-bond acceptors (Lipinski definition) is 3. The molecule has 0 saturated heterocycles. The van der Waals surface area contributed by atoms with Crippen molar-refractivity contribution in [2.24, 2.45) is 0 Å². The lowest BCUT2D eigenvalue weighted by atomic mass is 9.92. The molecule has 2 heterocycles. The van der Waals surface area contributed by atoms with E-state index in [0.29, 0.717) is 11.1 Å². The molecular weight excluding hydrogens is 603 g/mol. The van der Waals surface area contributed by atoms with Gasteiger partial charge in [0, 0.05) is 36.6 Å². The van der Waals surface area contributed by atoms with Gasteiger partial charge in [-0.3, -0.25) is 0 Å². The molecule has 222 valence electrons. The van der Waals surface area contributed by atoms with Gasteiger partial charge in [0.2, 0.25) is 0 Å². The maximum atomic E-state index is 9.64. The molecule has 0 spiro atoms. The number of thiophene rings is 1. The third-order valence-corrected chi connectivity index (χ3v) is 10.4. The Morgan fingerprint density at radius 3 is 1.67 bits per heavy atom. The molecule has 0 aliphatic carbocycles. The van der Waals surface area contributed by atoms with Crippen LogP contribution in [0.25, 0.3) is 81.0 Å². The van der Waals surface area contributed by atoms with Crippen LogP contribution in [0, 0.1) is 22.7 Å². The van der Waals surface area contributed by atoms with E-state index in [1.165, 1.54) is 36.9 Å². The summed E-state index contributed by atoms with van der Waals surface area (Å²) in [5.74, 6) is 0. The number of fused-ring (bicyclic) bond motifs is 6. The van der Waals surface area contributed by atoms with Crippen LogP contribution in [0.5, 0.6) is 0 Å². The molecule has 0 aliphatic heterocycles. The average Bonchev–Trinajstić information content (AvgIpc) is 3.69. The van der Waals surface area contributed by atoms with Crippen molar-refractivity contribution in [1.29, 1.82) is 10.5 Å². The summed E-state index contributed by atoms with van der Waals surface area (Å²) in [5.41, 5.74) is 11.1. The van der Waals surface area contributed by atoms with Crippen LogP contribution < -0.4 is 0 Å². The van der Waals surface area contributed by atoms with E-state index in [0.717, 1.165) is 44.2 Å². The second-order valence-electron chi connectivity index (χ2n) is 12.0. The SMILES string of the molecule is N#Cc1ccc2c(c1)c1cc(C#N)ccc1n2-c1cccc(-c2cc(-c3ccccc3)cc(-c3ccc4sc5ccccc5c4c3)c2)c1. The zero-order valence-corrected chi connectivity index (χ0v) is 26.5. The fourth-order valence-corrected chi connectivity index (χ4v) is 8.02. The van der Waals surface area contributed by atoms with Crippen molar-refractivity contribution in [3.63, 3.8) is 0 Å². The fourth-order valence-electron chi connectivity index (χ4n) is 6.93. The van der Waals surface area contributed by atoms with Crippen LogP contribution in [0.1, 0.15) is 11.1 Å². The van der Waals surface area contributed by atoms with Crippen molar-refractivity contribution >= 4 is 53.3 Å². The lowest BCUT2D eigenvalue weighted by Gasteiger charge is -2.14. The molecule has 9 rings (SSSR count). The van der Waals surface area contributed by atoms with Crippen LogP contribution in [0.2, 0.25) is 0 Å². The average molecular weight is 628 g/mol. The number of nitrogens with zero attached hydrogens (tertiary/aromatic N) is 3. The summed E-state index contributed by atoms with van der Waals surface area (Å²) in [4.78, 5) is 0. The fraction of sp³-hybridized carbons (Fsp3) is 0. The van der Waals surface area contributed by atoms with Gasteiger partial charge in [0.1, 0.15) is 0 Å². The quantitative estimate of drug-likeness (QED) is 0.195. The Kier molecular flexibility index (Phi) is 6.44. The number of nitriles is 2. The molecule has 0 aliphatic rings. The third-order valence-electron chi connectivity index (χ3n) is 9.21. The van der Waals surface area contributed by atoms with E-state index in [1.54, 1.807) is 0 Å². The van der Waals surface area contributed by atoms with E-state index in [2.05, 4.69) is 132 Å². The molecule has 0 radical (unpaired) electrons. The van der Waals surface area contributed by atoms with E-state index >= 15 is 0 Å². The van der Waals surface area contributed by atoms with Crippen molar-refractivity contribution in [3.8, 4) is 51.2 Å². The summed E-state index contributed by atoms with van der Waals surface area (Å²) in [6.45, 7) is 0. The summed E-state index contributed by atoms with van der Waals surface area (Å²) in [5, 5.41) is 23.8. The number of hydrogen-bond donors (Lipinski definition) is 0. The summed E-state index contributed by atoms with van der Waals surface area (Å²) >= 11 is 1.84. The molecule has 9 aromatic rings. The highest BCUT2D eigenvalue weighted by molar-refractivity contribution is 7.25. The Hall–Kier alpha value is -6.46. The first-order chi connectivity index (χ1) is 23.7. The van der Waals surface area contributed by atoms with Crippen LogP contribution in [0.4, 0.5) is 0 Å². The van der Waals surface area contributed by atoms with Crippen LogP contribution in [0.15, 0.2) is 152 Å². The summed E-state index contributed by atoms with van der Waals surface area (Å²) < 4.78 is 4.83. The first-order valence-corrected chi connectivity index (χ1v) is 16.6. The molecular formula is C44H25N3S. The molecule has 0 saturated carbocycles. The van der Waals surface area contributed by atoms with Gasteiger partial charge in [-0.25, -0.2) is 0 Å². The number of benzene rings is 7. The molecule has 0 fully saturated rings. The van der Waals surface area contributed by atoms with Gasteiger partial charge < -0.3 is 4.57 Å². The van der Waals surface area contributed by atoms with Gasteiger partial charge in [-0.2, -0.15) is 10.5 Å². The van der Waals surface area contributed by atoms with Crippen LogP contribution in [0.3, 0.4) is 0 Å². The highest BCUT2D eigenvalue weighted by Crippen LogP contribution is 2.40. The molecule has 2 aromatic heterocycles. The highest BCUT2D eigenvalue weighted by atomic mass is 32.1. The lowest BCUT2D eigenvalue weighted by molar-refractivity contribution is 1.18. The standard InChI is InChI=1S/C44H25N3S/c45-26-28-13-16-41-38(19-28)39-20-29(27-46)14-17-42(39)47(41)36-10-6-9-31(24-36)34-21-33(30-7-2-1-3-8-30)22-35(23-34)32-15-18-44-40(25-32)37-11-4-5-12-43(37)48-44/h1-25H. The predicted octanol–water partition coefficient (Wildman–Crippen LogP) is 11.9. The molecule has 0 N–H and O–H groups in total. The Bertz CT molecular complexity index is 2740. The second kappa shape index (κ2) is 11.1. The van der Waals surface area contributed by atoms with Gasteiger partial charge >= 0.3 is 0 Å². The van der Waals surface area contributed by atoms with Crippen LogP contribution in [-0.4, -0.2) is 4.57 Å². The van der Waals surface area contributed by atoms with E-state index in [4.69, 9.17) is 0 Å². The van der Waals surface area contributed by atoms with Gasteiger partial charge in [0.05, 0.1) is 34.3 Å². The molecule has 3 nitrogen and oxygen atoms in total. The van der Waals surface area contributed by atoms with Gasteiger partial charge in [-0.1, -0.05) is 66.7 Å². The van der Waals surface area contributed by atoms with Crippen molar-refractivity contribution in [1.82, 2.24) is 4.57 Å². The van der Waals surface area contributed by atoms with Crippen molar-refractivity contribution in [2.75, 3.05) is 0 Å². The molecule has 7 aromatic carbocycles. The lowest BCUT2D eigenvalue weighted by Crippen LogP contribution is -1.95.